The second-order valence-electron chi connectivity index (χ2n) is 0.887. The summed E-state index contributed by atoms with van der Waals surface area (Å²) in [6.07, 6.45) is 0. The molecule has 0 aromatic rings. The second-order valence-corrected chi connectivity index (χ2v) is 14.2. The third-order valence-electron chi connectivity index (χ3n) is 0.159. The Morgan fingerprint density at radius 3 is 1.11 bits per heavy atom. The maximum atomic E-state index is 9.73. The van der Waals surface area contributed by atoms with Crippen LogP contribution in [-0.4, -0.2) is 25.9 Å². The van der Waals surface area contributed by atoms with Gasteiger partial charge in [-0.1, -0.05) is 0 Å². The zero-order valence-electron chi connectivity index (χ0n) is 3.72. The molecule has 6 nitrogen and oxygen atoms in total. The molecule has 0 bridgehead atoms. The monoisotopic (exact) mass is 315 g/mol. The molecule has 0 aliphatic heterocycles. The standard InChI is InChI=1S/Eu.2HO3S/c;2*1-4(2)3/h;2*(H,1,2,3). The van der Waals surface area contributed by atoms with E-state index in [0.717, 1.165) is 0 Å². The third-order valence-corrected chi connectivity index (χ3v) is 10.6. The summed E-state index contributed by atoms with van der Waals surface area (Å²) in [7, 11) is 0. The first-order valence-corrected chi connectivity index (χ1v) is 9.96. The molecule has 0 rings (SSSR count). The molecule has 0 unspecified atom stereocenters. The summed E-state index contributed by atoms with van der Waals surface area (Å²) in [5.74, 6) is 0. The van der Waals surface area contributed by atoms with Gasteiger partial charge in [0.05, 0.1) is 0 Å². The van der Waals surface area contributed by atoms with Crippen LogP contribution in [0.3, 0.4) is 0 Å². The van der Waals surface area contributed by atoms with Crippen LogP contribution < -0.4 is 0 Å². The zero-order chi connectivity index (χ0) is 7.71. The molecule has 0 spiro atoms. The van der Waals surface area contributed by atoms with E-state index in [1.807, 2.05) is 0 Å². The van der Waals surface area contributed by atoms with Gasteiger partial charge in [-0.3, -0.25) is 0 Å². The quantitative estimate of drug-likeness (QED) is 0.612. The van der Waals surface area contributed by atoms with Crippen molar-refractivity contribution >= 4 is 4.63 Å². The molecule has 0 saturated carbocycles. The van der Waals surface area contributed by atoms with Gasteiger partial charge in [0.2, 0.25) is 0 Å². The zero-order valence-corrected chi connectivity index (χ0v) is 7.78. The molecule has 0 aliphatic carbocycles. The predicted octanol–water partition coefficient (Wildman–Crippen LogP) is -1.32. The molecule has 0 saturated heterocycles. The first-order chi connectivity index (χ1) is 3.71. The molecular weight excluding hydrogens is 312 g/mol. The van der Waals surface area contributed by atoms with Crippen LogP contribution in [0.2, 0.25) is 0 Å². The summed E-state index contributed by atoms with van der Waals surface area (Å²) in [5, 5.41) is 0. The molecule has 0 aliphatic rings. The van der Waals surface area contributed by atoms with Crippen molar-refractivity contribution in [3.05, 3.63) is 0 Å². The van der Waals surface area contributed by atoms with Gasteiger partial charge in [-0.15, -0.1) is 0 Å². The van der Waals surface area contributed by atoms with E-state index in [1.165, 1.54) is 0 Å². The fourth-order valence-corrected chi connectivity index (χ4v) is 6.71. The molecule has 0 heterocycles. The van der Waals surface area contributed by atoms with E-state index < -0.39 is 44.9 Å². The first-order valence-electron chi connectivity index (χ1n) is 1.34. The van der Waals surface area contributed by atoms with Gasteiger partial charge in [-0.05, 0) is 0 Å². The fourth-order valence-electron chi connectivity index (χ4n) is 0.101. The molecule has 0 amide bonds. The Hall–Kier alpha value is 1.40. The predicted molar refractivity (Wildman–Crippen MR) is 23.1 cm³/mol. The van der Waals surface area contributed by atoms with Gasteiger partial charge in [0.25, 0.3) is 0 Å². The van der Waals surface area contributed by atoms with Gasteiger partial charge in [-0.2, -0.15) is 0 Å². The van der Waals surface area contributed by atoms with Crippen LogP contribution in [0.15, 0.2) is 0 Å². The van der Waals surface area contributed by atoms with Gasteiger partial charge in [0, 0.05) is 0 Å². The topological polar surface area (TPSA) is 109 Å². The molecule has 0 radical (unpaired) electrons. The van der Waals surface area contributed by atoms with Gasteiger partial charge < -0.3 is 0 Å². The Morgan fingerprint density at radius 2 is 1.11 bits per heavy atom. The summed E-state index contributed by atoms with van der Waals surface area (Å²) >= 11 is -2.98. The Labute approximate surface area is 69.3 Å². The number of rotatable bonds is 2. The summed E-state index contributed by atoms with van der Waals surface area (Å²) in [6.45, 7) is 0. The molecule has 0 atom stereocenters. The van der Waals surface area contributed by atoms with Crippen LogP contribution in [0.5, 0.6) is 0 Å². The van der Waals surface area contributed by atoms with E-state index in [-0.39, 0.29) is 0 Å². The van der Waals surface area contributed by atoms with E-state index >= 15 is 0 Å². The van der Waals surface area contributed by atoms with Crippen molar-refractivity contribution in [2.24, 2.45) is 0 Å². The van der Waals surface area contributed by atoms with Crippen LogP contribution in [0.1, 0.15) is 0 Å². The Bertz CT molecular complexity index is 236. The molecule has 0 aromatic carbocycles. The fraction of sp³-hybridized carbons (Fsp3) is 0. The van der Waals surface area contributed by atoms with Crippen molar-refractivity contribution in [3.8, 4) is 0 Å². The van der Waals surface area contributed by atoms with Gasteiger partial charge in [0.1, 0.15) is 0 Å². The van der Waals surface area contributed by atoms with E-state index in [1.54, 1.807) is 0 Å². The molecule has 2 N–H and O–H groups in total. The van der Waals surface area contributed by atoms with Crippen LogP contribution in [0.4, 0.5) is 0 Å². The second kappa shape index (κ2) is 3.20. The van der Waals surface area contributed by atoms with Crippen molar-refractivity contribution in [1.82, 2.24) is 0 Å². The molecule has 0 aromatic heterocycles. The summed E-state index contributed by atoms with van der Waals surface area (Å²) in [6, 6.07) is 0. The third kappa shape index (κ3) is 9.40. The number of hydrogen-bond acceptors (Lipinski definition) is 4. The molecule has 0 fully saturated rings. The summed E-state index contributed by atoms with van der Waals surface area (Å²) in [4.78, 5) is 0. The minimum atomic E-state index is -4.47. The van der Waals surface area contributed by atoms with Crippen LogP contribution in [0, 0.1) is 40.3 Å². The first kappa shape index (κ1) is 10.4. The van der Waals surface area contributed by atoms with E-state index in [0.29, 0.717) is 0 Å². The van der Waals surface area contributed by atoms with Crippen molar-refractivity contribution in [2.75, 3.05) is 0 Å². The van der Waals surface area contributed by atoms with Gasteiger partial charge >= 0.3 is 70.9 Å². The van der Waals surface area contributed by atoms with Crippen molar-refractivity contribution in [3.63, 3.8) is 0 Å². The molecule has 57 valence electrons. The Balaban J connectivity index is 4.46. The van der Waals surface area contributed by atoms with Crippen molar-refractivity contribution in [1.29, 1.82) is 0 Å². The molecule has 9 heteroatoms. The van der Waals surface area contributed by atoms with E-state index in [4.69, 9.17) is 9.11 Å². The maximum absolute atomic E-state index is 9.73. The molecular formula is H2EuO6S2. The average Bonchev–Trinajstić information content (AvgIpc) is 1.14. The SMILES string of the molecule is O=[S](=O)(O)[Eu][S](=O)(=O)O. The van der Waals surface area contributed by atoms with Gasteiger partial charge in [-0.25, -0.2) is 0 Å². The minimum absolute atomic E-state index is 2.98. The van der Waals surface area contributed by atoms with Crippen LogP contribution >= 0.6 is 0 Å². The van der Waals surface area contributed by atoms with Crippen LogP contribution in [-0.2, 0) is 4.63 Å². The Morgan fingerprint density at radius 1 is 0.889 bits per heavy atom. The summed E-state index contributed by atoms with van der Waals surface area (Å²) < 4.78 is 45.7. The normalized spacial score (nSPS) is 13.6. The molecule has 9 heavy (non-hydrogen) atoms. The Kier molecular flexibility index (Phi) is 3.70. The van der Waals surface area contributed by atoms with Crippen LogP contribution in [0.25, 0.3) is 0 Å². The number of hydrogen-bond donors (Lipinski definition) is 2. The summed E-state index contributed by atoms with van der Waals surface area (Å²) in [5.41, 5.74) is 0. The van der Waals surface area contributed by atoms with Crippen molar-refractivity contribution in [2.45, 2.75) is 0 Å². The van der Waals surface area contributed by atoms with E-state index in [9.17, 15) is 16.8 Å². The van der Waals surface area contributed by atoms with Crippen molar-refractivity contribution < 1.29 is 66.3 Å². The average molecular weight is 314 g/mol. The van der Waals surface area contributed by atoms with Gasteiger partial charge in [0.15, 0.2) is 0 Å². The van der Waals surface area contributed by atoms with E-state index in [2.05, 4.69) is 0 Å².